The van der Waals surface area contributed by atoms with Crippen molar-refractivity contribution in [2.24, 2.45) is 5.92 Å². The lowest BCUT2D eigenvalue weighted by Crippen LogP contribution is -2.24. The molecule has 0 bridgehead atoms. The quantitative estimate of drug-likeness (QED) is 0.232. The van der Waals surface area contributed by atoms with Crippen LogP contribution < -0.4 is 5.32 Å². The summed E-state index contributed by atoms with van der Waals surface area (Å²) >= 11 is 1.67. The van der Waals surface area contributed by atoms with Gasteiger partial charge in [0.2, 0.25) is 5.91 Å². The van der Waals surface area contributed by atoms with Crippen LogP contribution in [0.3, 0.4) is 0 Å². The molecule has 1 aliphatic carbocycles. The highest BCUT2D eigenvalue weighted by Gasteiger charge is 2.21. The molecule has 3 N–H and O–H groups in total. The van der Waals surface area contributed by atoms with Gasteiger partial charge in [-0.3, -0.25) is 19.9 Å². The Morgan fingerprint density at radius 2 is 1.87 bits per heavy atom. The van der Waals surface area contributed by atoms with Crippen LogP contribution in [0.5, 0.6) is 0 Å². The Kier molecular flexibility index (Phi) is 5.70. The highest BCUT2D eigenvalue weighted by atomic mass is 32.1. The summed E-state index contributed by atoms with van der Waals surface area (Å²) in [7, 11) is 0. The number of rotatable bonds is 5. The molecule has 0 aliphatic heterocycles. The Bertz CT molecular complexity index is 1760. The molecule has 1 aliphatic rings. The predicted molar refractivity (Wildman–Crippen MR) is 151 cm³/mol. The molecule has 6 aromatic rings. The maximum atomic E-state index is 12.8. The summed E-state index contributed by atoms with van der Waals surface area (Å²) in [6.45, 7) is 0. The Morgan fingerprint density at radius 1 is 0.974 bits per heavy atom. The zero-order chi connectivity index (χ0) is 25.5. The molecule has 1 saturated carbocycles. The summed E-state index contributed by atoms with van der Waals surface area (Å²) in [5.74, 6) is 0.176. The molecule has 9 heteroatoms. The van der Waals surface area contributed by atoms with Crippen LogP contribution in [0.1, 0.15) is 32.1 Å². The Morgan fingerprint density at radius 3 is 2.74 bits per heavy atom. The van der Waals surface area contributed by atoms with Gasteiger partial charge in [0.15, 0.2) is 5.65 Å². The number of anilines is 1. The van der Waals surface area contributed by atoms with Crippen molar-refractivity contribution in [1.29, 1.82) is 0 Å². The number of hydrogen-bond donors (Lipinski definition) is 3. The molecular formula is C29H25N7OS. The van der Waals surface area contributed by atoms with Gasteiger partial charge in [-0.1, -0.05) is 25.3 Å². The zero-order valence-electron chi connectivity index (χ0n) is 20.6. The summed E-state index contributed by atoms with van der Waals surface area (Å²) in [4.78, 5) is 31.0. The maximum Gasteiger partial charge on any atom is 0.227 e. The molecule has 188 valence electrons. The molecule has 0 saturated heterocycles. The number of aromatic amines is 2. The average molecular weight is 520 g/mol. The van der Waals surface area contributed by atoms with Gasteiger partial charge in [-0.2, -0.15) is 5.10 Å². The summed E-state index contributed by atoms with van der Waals surface area (Å²) in [5.41, 5.74) is 6.86. The van der Waals surface area contributed by atoms with Crippen LogP contribution in [-0.2, 0) is 4.79 Å². The summed E-state index contributed by atoms with van der Waals surface area (Å²) in [6.07, 6.45) is 12.5. The molecule has 38 heavy (non-hydrogen) atoms. The summed E-state index contributed by atoms with van der Waals surface area (Å²) < 4.78 is 0. The number of nitrogens with zero attached hydrogens (tertiary/aromatic N) is 4. The van der Waals surface area contributed by atoms with Crippen LogP contribution in [0.4, 0.5) is 5.69 Å². The average Bonchev–Trinajstić information content (AvgIpc) is 3.73. The monoisotopic (exact) mass is 519 g/mol. The van der Waals surface area contributed by atoms with Crippen molar-refractivity contribution in [3.8, 4) is 33.1 Å². The lowest BCUT2D eigenvalue weighted by atomic mass is 9.88. The van der Waals surface area contributed by atoms with Gasteiger partial charge >= 0.3 is 0 Å². The van der Waals surface area contributed by atoms with Gasteiger partial charge in [0.1, 0.15) is 0 Å². The van der Waals surface area contributed by atoms with E-state index in [0.29, 0.717) is 11.3 Å². The second kappa shape index (κ2) is 9.50. The lowest BCUT2D eigenvalue weighted by Gasteiger charge is -2.20. The normalized spacial score (nSPS) is 14.3. The Labute approximate surface area is 222 Å². The van der Waals surface area contributed by atoms with Crippen molar-refractivity contribution in [3.63, 3.8) is 0 Å². The maximum absolute atomic E-state index is 12.8. The molecule has 0 aromatic carbocycles. The van der Waals surface area contributed by atoms with E-state index in [4.69, 9.17) is 0 Å². The largest absolute Gasteiger partial charge is 0.353 e. The molecular weight excluding hydrogens is 494 g/mol. The number of thiophene rings is 1. The topological polar surface area (TPSA) is 112 Å². The zero-order valence-corrected chi connectivity index (χ0v) is 21.4. The van der Waals surface area contributed by atoms with Gasteiger partial charge in [-0.05, 0) is 48.6 Å². The van der Waals surface area contributed by atoms with Crippen molar-refractivity contribution in [3.05, 3.63) is 66.6 Å². The molecule has 0 atom stereocenters. The standard InChI is InChI=1S/C29H25N7OS/c37-29(17-5-2-1-3-6-17)33-20-11-18(14-30-16-20)19-12-22-26(35-36-28(22)32-15-19)24-13-21-23(34-24)8-9-31-27(21)25-7-4-10-38-25/h4,7-17,34H,1-3,5-6H2,(H,33,37)(H,32,35,36). The highest BCUT2D eigenvalue weighted by molar-refractivity contribution is 7.13. The van der Waals surface area contributed by atoms with Gasteiger partial charge < -0.3 is 10.3 Å². The molecule has 1 fully saturated rings. The van der Waals surface area contributed by atoms with Crippen LogP contribution in [0.15, 0.2) is 66.6 Å². The number of fused-ring (bicyclic) bond motifs is 2. The van der Waals surface area contributed by atoms with Crippen molar-refractivity contribution in [2.45, 2.75) is 32.1 Å². The highest BCUT2D eigenvalue weighted by Crippen LogP contribution is 2.35. The van der Waals surface area contributed by atoms with Crippen molar-refractivity contribution >= 4 is 44.9 Å². The van der Waals surface area contributed by atoms with Crippen LogP contribution in [0.2, 0.25) is 0 Å². The number of carbonyl (C=O) groups is 1. The number of pyridine rings is 3. The van der Waals surface area contributed by atoms with E-state index in [0.717, 1.165) is 75.1 Å². The first-order chi connectivity index (χ1) is 18.7. The molecule has 0 spiro atoms. The van der Waals surface area contributed by atoms with E-state index >= 15 is 0 Å². The third-order valence-electron chi connectivity index (χ3n) is 7.30. The second-order valence-electron chi connectivity index (χ2n) is 9.76. The summed E-state index contributed by atoms with van der Waals surface area (Å²) in [6, 6.07) is 12.2. The van der Waals surface area contributed by atoms with E-state index in [1.807, 2.05) is 24.4 Å². The van der Waals surface area contributed by atoms with Crippen molar-refractivity contribution < 1.29 is 4.79 Å². The molecule has 1 amide bonds. The number of hydrogen-bond acceptors (Lipinski definition) is 6. The minimum atomic E-state index is 0.0876. The molecule has 0 unspecified atom stereocenters. The van der Waals surface area contributed by atoms with Gasteiger partial charge in [-0.15, -0.1) is 11.3 Å². The van der Waals surface area contributed by atoms with Crippen molar-refractivity contribution in [2.75, 3.05) is 5.32 Å². The molecule has 7 rings (SSSR count). The van der Waals surface area contributed by atoms with E-state index in [-0.39, 0.29) is 11.8 Å². The van der Waals surface area contributed by atoms with E-state index < -0.39 is 0 Å². The number of H-pyrrole nitrogens is 2. The Balaban J connectivity index is 1.23. The number of carbonyl (C=O) groups excluding carboxylic acids is 1. The molecule has 0 radical (unpaired) electrons. The Hall–Kier alpha value is -4.37. The van der Waals surface area contributed by atoms with Crippen LogP contribution in [0, 0.1) is 5.92 Å². The van der Waals surface area contributed by atoms with E-state index in [2.05, 4.69) is 59.0 Å². The second-order valence-corrected chi connectivity index (χ2v) is 10.7. The first-order valence-corrected chi connectivity index (χ1v) is 13.7. The minimum Gasteiger partial charge on any atom is -0.353 e. The lowest BCUT2D eigenvalue weighted by molar-refractivity contribution is -0.120. The number of aromatic nitrogens is 6. The molecule has 6 aromatic heterocycles. The number of amides is 1. The van der Waals surface area contributed by atoms with Crippen molar-refractivity contribution in [1.82, 2.24) is 30.1 Å². The number of nitrogens with one attached hydrogen (secondary N) is 3. The van der Waals surface area contributed by atoms with Crippen LogP contribution >= 0.6 is 11.3 Å². The van der Waals surface area contributed by atoms with Crippen LogP contribution in [0.25, 0.3) is 55.0 Å². The first-order valence-electron chi connectivity index (χ1n) is 12.9. The predicted octanol–water partition coefficient (Wildman–Crippen LogP) is 6.81. The van der Waals surface area contributed by atoms with Crippen LogP contribution in [-0.4, -0.2) is 36.0 Å². The smallest absolute Gasteiger partial charge is 0.227 e. The fourth-order valence-corrected chi connectivity index (χ4v) is 6.07. The SMILES string of the molecule is O=C(Nc1cncc(-c2cnc3n[nH]c(-c4cc5c(-c6cccs6)nccc5[nH]4)c3c2)c1)C1CCCCC1. The fraction of sp³-hybridized carbons (Fsp3) is 0.207. The van der Waals surface area contributed by atoms with E-state index in [1.54, 1.807) is 29.9 Å². The van der Waals surface area contributed by atoms with Gasteiger partial charge in [0, 0.05) is 51.9 Å². The fourth-order valence-electron chi connectivity index (χ4n) is 5.34. The third-order valence-corrected chi connectivity index (χ3v) is 8.17. The minimum absolute atomic E-state index is 0.0876. The van der Waals surface area contributed by atoms with Gasteiger partial charge in [-0.25, -0.2) is 4.98 Å². The molecule has 8 nitrogen and oxygen atoms in total. The van der Waals surface area contributed by atoms with Gasteiger partial charge in [0.25, 0.3) is 0 Å². The third kappa shape index (κ3) is 4.14. The first kappa shape index (κ1) is 22.8. The molecule has 6 heterocycles. The van der Waals surface area contributed by atoms with E-state index in [1.165, 1.54) is 6.42 Å². The summed E-state index contributed by atoms with van der Waals surface area (Å²) in [5, 5.41) is 14.7. The van der Waals surface area contributed by atoms with E-state index in [9.17, 15) is 4.79 Å². The van der Waals surface area contributed by atoms with Gasteiger partial charge in [0.05, 0.1) is 33.8 Å².